The second kappa shape index (κ2) is 8.44. The number of hydrogen-bond donors (Lipinski definition) is 1. The zero-order valence-electron chi connectivity index (χ0n) is 18.2. The van der Waals surface area contributed by atoms with Crippen molar-refractivity contribution in [3.8, 4) is 22.9 Å². The van der Waals surface area contributed by atoms with Gasteiger partial charge in [-0.1, -0.05) is 0 Å². The van der Waals surface area contributed by atoms with E-state index in [4.69, 9.17) is 4.74 Å². The molecule has 4 aromatic rings. The molecule has 1 aliphatic rings. The van der Waals surface area contributed by atoms with Crippen molar-refractivity contribution in [3.05, 3.63) is 65.4 Å². The predicted octanol–water partition coefficient (Wildman–Crippen LogP) is 2.81. The molecule has 166 valence electrons. The summed E-state index contributed by atoms with van der Waals surface area (Å²) in [7, 11) is 3.90. The number of halogens is 1. The monoisotopic (exact) mass is 444 g/mol. The van der Waals surface area contributed by atoms with Crippen LogP contribution in [0.3, 0.4) is 0 Å². The van der Waals surface area contributed by atoms with E-state index in [1.165, 1.54) is 6.07 Å². The van der Waals surface area contributed by atoms with Gasteiger partial charge in [0.05, 0.1) is 19.3 Å². The van der Waals surface area contributed by atoms with Crippen molar-refractivity contribution in [1.82, 2.24) is 29.2 Å². The fourth-order valence-electron chi connectivity index (χ4n) is 3.90. The number of rotatable bonds is 6. The molecule has 5 rings (SSSR count). The molecule has 0 amide bonds. The Kier molecular flexibility index (Phi) is 5.32. The Balaban J connectivity index is 1.49. The predicted molar refractivity (Wildman–Crippen MR) is 119 cm³/mol. The van der Waals surface area contributed by atoms with Crippen LogP contribution in [0.5, 0.6) is 5.75 Å². The van der Waals surface area contributed by atoms with Crippen LogP contribution in [0.2, 0.25) is 0 Å². The molecule has 0 saturated carbocycles. The number of ether oxygens (including phenoxy) is 1. The highest BCUT2D eigenvalue weighted by atomic mass is 19.1. The first-order valence-corrected chi connectivity index (χ1v) is 10.4. The number of anilines is 1. The number of nitrogens with one attached hydrogen (secondary N) is 1. The Hall–Kier alpha value is -4.10. The van der Waals surface area contributed by atoms with Crippen LogP contribution in [0, 0.1) is 17.1 Å². The summed E-state index contributed by atoms with van der Waals surface area (Å²) in [4.78, 5) is 19.8. The van der Waals surface area contributed by atoms with Crippen LogP contribution in [0.4, 0.5) is 10.3 Å². The number of fused-ring (bicyclic) bond motifs is 2. The Morgan fingerprint density at radius 2 is 2.03 bits per heavy atom. The van der Waals surface area contributed by atoms with Crippen LogP contribution >= 0.6 is 0 Å². The lowest BCUT2D eigenvalue weighted by Crippen LogP contribution is -2.13. The minimum Gasteiger partial charge on any atom is -0.493 e. The maximum absolute atomic E-state index is 14.5. The number of hydrogen-bond acceptors (Lipinski definition) is 8. The highest BCUT2D eigenvalue weighted by Gasteiger charge is 2.20. The fraction of sp³-hybridized carbons (Fsp3) is 0.261. The van der Waals surface area contributed by atoms with Crippen molar-refractivity contribution in [2.24, 2.45) is 0 Å². The molecule has 9 nitrogen and oxygen atoms in total. The Morgan fingerprint density at radius 1 is 1.21 bits per heavy atom. The molecule has 1 aromatic carbocycles. The summed E-state index contributed by atoms with van der Waals surface area (Å²) in [6, 6.07) is 5.14. The first-order chi connectivity index (χ1) is 16.0. The SMILES string of the molecule is CN(C)Cc1ncc(-c2cnc(NCc3c(F)ccc4c3CCO4)n3cc(C#N)nc23)cn1. The third kappa shape index (κ3) is 3.94. The normalized spacial score (nSPS) is 12.6. The van der Waals surface area contributed by atoms with Crippen molar-refractivity contribution in [2.75, 3.05) is 26.0 Å². The van der Waals surface area contributed by atoms with E-state index >= 15 is 0 Å². The lowest BCUT2D eigenvalue weighted by Gasteiger charge is -2.13. The number of nitriles is 1. The highest BCUT2D eigenvalue weighted by molar-refractivity contribution is 5.77. The Bertz CT molecular complexity index is 1370. The quantitative estimate of drug-likeness (QED) is 0.484. The lowest BCUT2D eigenvalue weighted by atomic mass is 10.0. The molecular weight excluding hydrogens is 423 g/mol. The molecule has 33 heavy (non-hydrogen) atoms. The molecule has 0 aliphatic carbocycles. The largest absolute Gasteiger partial charge is 0.493 e. The number of benzene rings is 1. The third-order valence-corrected chi connectivity index (χ3v) is 5.44. The van der Waals surface area contributed by atoms with Gasteiger partial charge in [-0.2, -0.15) is 5.26 Å². The molecule has 0 spiro atoms. The van der Waals surface area contributed by atoms with Crippen molar-refractivity contribution in [2.45, 2.75) is 19.5 Å². The molecule has 0 saturated heterocycles. The number of nitrogens with zero attached hydrogens (tertiary/aromatic N) is 7. The molecule has 0 atom stereocenters. The highest BCUT2D eigenvalue weighted by Crippen LogP contribution is 2.31. The summed E-state index contributed by atoms with van der Waals surface area (Å²) in [6.45, 7) is 1.40. The summed E-state index contributed by atoms with van der Waals surface area (Å²) < 4.78 is 21.8. The molecule has 0 radical (unpaired) electrons. The first kappa shape index (κ1) is 20.8. The van der Waals surface area contributed by atoms with E-state index in [0.29, 0.717) is 53.9 Å². The molecule has 3 aromatic heterocycles. The molecule has 1 aliphatic heterocycles. The van der Waals surface area contributed by atoms with Gasteiger partial charge in [0.2, 0.25) is 5.95 Å². The van der Waals surface area contributed by atoms with Gasteiger partial charge in [-0.3, -0.25) is 4.40 Å². The smallest absolute Gasteiger partial charge is 0.208 e. The topological polar surface area (TPSA) is 104 Å². The van der Waals surface area contributed by atoms with E-state index in [-0.39, 0.29) is 18.1 Å². The van der Waals surface area contributed by atoms with Gasteiger partial charge in [-0.05, 0) is 26.2 Å². The van der Waals surface area contributed by atoms with Gasteiger partial charge in [0.25, 0.3) is 0 Å². The molecular formula is C23H21FN8O. The standard InChI is InChI=1S/C23H21FN8O/c1-31(2)13-21-26-8-14(9-27-21)17-10-28-23(32-12-15(7-25)30-22(17)32)29-11-18-16-5-6-33-20(16)4-3-19(18)24/h3-4,8-10,12H,5-6,11,13H2,1-2H3,(H,28,29). The van der Waals surface area contributed by atoms with E-state index in [0.717, 1.165) is 11.1 Å². The average Bonchev–Trinajstić information content (AvgIpc) is 3.46. The third-order valence-electron chi connectivity index (χ3n) is 5.44. The van der Waals surface area contributed by atoms with Gasteiger partial charge in [-0.25, -0.2) is 24.3 Å². The van der Waals surface area contributed by atoms with E-state index in [2.05, 4.69) is 31.3 Å². The van der Waals surface area contributed by atoms with Crippen LogP contribution < -0.4 is 10.1 Å². The van der Waals surface area contributed by atoms with Gasteiger partial charge in [0.1, 0.15) is 23.5 Å². The lowest BCUT2D eigenvalue weighted by molar-refractivity contribution is 0.356. The van der Waals surface area contributed by atoms with Crippen molar-refractivity contribution >= 4 is 11.6 Å². The molecule has 4 heterocycles. The summed E-state index contributed by atoms with van der Waals surface area (Å²) in [5.41, 5.74) is 3.63. The van der Waals surface area contributed by atoms with Gasteiger partial charge in [-0.15, -0.1) is 0 Å². The maximum atomic E-state index is 14.5. The summed E-state index contributed by atoms with van der Waals surface area (Å²) >= 11 is 0. The van der Waals surface area contributed by atoms with Gasteiger partial charge < -0.3 is 15.0 Å². The minimum absolute atomic E-state index is 0.224. The number of imidazole rings is 1. The van der Waals surface area contributed by atoms with Gasteiger partial charge in [0.15, 0.2) is 11.3 Å². The van der Waals surface area contributed by atoms with Crippen molar-refractivity contribution < 1.29 is 9.13 Å². The van der Waals surface area contributed by atoms with Crippen molar-refractivity contribution in [3.63, 3.8) is 0 Å². The van der Waals surface area contributed by atoms with E-state index in [1.54, 1.807) is 35.3 Å². The van der Waals surface area contributed by atoms with E-state index in [1.807, 2.05) is 19.0 Å². The van der Waals surface area contributed by atoms with Crippen LogP contribution in [0.15, 0.2) is 36.9 Å². The second-order valence-corrected chi connectivity index (χ2v) is 8.01. The molecule has 0 unspecified atom stereocenters. The van der Waals surface area contributed by atoms with E-state index < -0.39 is 0 Å². The fourth-order valence-corrected chi connectivity index (χ4v) is 3.90. The van der Waals surface area contributed by atoms with Crippen LogP contribution in [-0.2, 0) is 19.5 Å². The zero-order valence-corrected chi connectivity index (χ0v) is 18.2. The van der Waals surface area contributed by atoms with Gasteiger partial charge >= 0.3 is 0 Å². The van der Waals surface area contributed by atoms with Crippen LogP contribution in [-0.4, -0.2) is 49.9 Å². The summed E-state index contributed by atoms with van der Waals surface area (Å²) in [5, 5.41) is 12.6. The number of aromatic nitrogens is 5. The van der Waals surface area contributed by atoms with E-state index in [9.17, 15) is 9.65 Å². The Labute approximate surface area is 189 Å². The first-order valence-electron chi connectivity index (χ1n) is 10.4. The van der Waals surface area contributed by atoms with Crippen molar-refractivity contribution in [1.29, 1.82) is 5.26 Å². The average molecular weight is 444 g/mol. The molecule has 1 N–H and O–H groups in total. The minimum atomic E-state index is -0.294. The Morgan fingerprint density at radius 3 is 2.79 bits per heavy atom. The second-order valence-electron chi connectivity index (χ2n) is 8.01. The zero-order chi connectivity index (χ0) is 22.9. The summed E-state index contributed by atoms with van der Waals surface area (Å²) in [6.07, 6.45) is 7.37. The van der Waals surface area contributed by atoms with Crippen LogP contribution in [0.25, 0.3) is 16.8 Å². The van der Waals surface area contributed by atoms with Crippen LogP contribution in [0.1, 0.15) is 22.6 Å². The van der Waals surface area contributed by atoms with Gasteiger partial charge in [0, 0.05) is 53.8 Å². The molecule has 0 bridgehead atoms. The molecule has 0 fully saturated rings. The molecule has 10 heteroatoms. The summed E-state index contributed by atoms with van der Waals surface area (Å²) in [5.74, 6) is 1.57. The maximum Gasteiger partial charge on any atom is 0.208 e.